The van der Waals surface area contributed by atoms with Crippen molar-refractivity contribution in [3.8, 4) is 0 Å². The molecule has 0 aromatic heterocycles. The minimum absolute atomic E-state index is 0.220. The van der Waals surface area contributed by atoms with Gasteiger partial charge in [0, 0.05) is 18.3 Å². The number of carbonyl (C=O) groups excluding carboxylic acids is 1. The normalized spacial score (nSPS) is 11.7. The molecule has 0 aliphatic carbocycles. The fraction of sp³-hybridized carbons (Fsp3) is 0.308. The summed E-state index contributed by atoms with van der Waals surface area (Å²) in [4.78, 5) is 11.4. The fourth-order valence-corrected chi connectivity index (χ4v) is 1.14. The van der Waals surface area contributed by atoms with Crippen LogP contribution in [-0.2, 0) is 4.79 Å². The highest BCUT2D eigenvalue weighted by Gasteiger charge is 2.12. The predicted molar refractivity (Wildman–Crippen MR) is 69.2 cm³/mol. The van der Waals surface area contributed by atoms with Crippen molar-refractivity contribution in [3.63, 3.8) is 0 Å². The molecule has 1 rings (SSSR count). The Kier molecular flexibility index (Phi) is 4.29. The van der Waals surface area contributed by atoms with Crippen molar-refractivity contribution >= 4 is 17.7 Å². The van der Waals surface area contributed by atoms with Crippen LogP contribution in [0.25, 0.3) is 6.08 Å². The second-order valence-electron chi connectivity index (χ2n) is 4.53. The van der Waals surface area contributed by atoms with Gasteiger partial charge in [-0.3, -0.25) is 4.79 Å². The lowest BCUT2D eigenvalue weighted by Crippen LogP contribution is -2.37. The van der Waals surface area contributed by atoms with Crippen molar-refractivity contribution in [1.29, 1.82) is 0 Å². The molecule has 0 radical (unpaired) electrons. The summed E-state index contributed by atoms with van der Waals surface area (Å²) in [5.41, 5.74) is 6.24. The van der Waals surface area contributed by atoms with Gasteiger partial charge in [-0.1, -0.05) is 12.1 Å². The summed E-state index contributed by atoms with van der Waals surface area (Å²) in [6.45, 7) is 3.49. The number of nitrogen functional groups attached to an aromatic ring is 1. The lowest BCUT2D eigenvalue weighted by Gasteiger charge is -2.16. The second kappa shape index (κ2) is 5.50. The first-order valence-electron chi connectivity index (χ1n) is 5.41. The molecule has 4 nitrogen and oxygen atoms in total. The molecule has 0 aliphatic heterocycles. The van der Waals surface area contributed by atoms with Gasteiger partial charge < -0.3 is 16.2 Å². The van der Waals surface area contributed by atoms with Crippen LogP contribution < -0.4 is 11.1 Å². The fourth-order valence-electron chi connectivity index (χ4n) is 1.14. The molecule has 0 saturated heterocycles. The molecule has 0 fully saturated rings. The quantitative estimate of drug-likeness (QED) is 0.540. The number of anilines is 1. The molecule has 17 heavy (non-hydrogen) atoms. The predicted octanol–water partition coefficient (Wildman–Crippen LogP) is 1.17. The maximum absolute atomic E-state index is 11.4. The monoisotopic (exact) mass is 234 g/mol. The summed E-state index contributed by atoms with van der Waals surface area (Å²) in [7, 11) is 0. The van der Waals surface area contributed by atoms with Gasteiger partial charge in [0.15, 0.2) is 0 Å². The molecule has 0 spiro atoms. The number of carbonyl (C=O) groups is 1. The lowest BCUT2D eigenvalue weighted by molar-refractivity contribution is -0.117. The third-order valence-corrected chi connectivity index (χ3v) is 2.06. The van der Waals surface area contributed by atoms with E-state index < -0.39 is 5.60 Å². The van der Waals surface area contributed by atoms with E-state index in [-0.39, 0.29) is 12.5 Å². The standard InChI is InChI=1S/C13H18N2O2/c1-13(2,17)9-15-12(16)8-5-10-3-6-11(14)7-4-10/h3-8,17H,9,14H2,1-2H3,(H,15,16)/b8-5+. The Hall–Kier alpha value is -1.81. The van der Waals surface area contributed by atoms with E-state index in [0.717, 1.165) is 5.56 Å². The summed E-state index contributed by atoms with van der Waals surface area (Å²) < 4.78 is 0. The summed E-state index contributed by atoms with van der Waals surface area (Å²) in [6.07, 6.45) is 3.12. The first-order valence-corrected chi connectivity index (χ1v) is 5.41. The van der Waals surface area contributed by atoms with Gasteiger partial charge in [0.2, 0.25) is 5.91 Å². The molecule has 0 saturated carbocycles. The molecule has 1 aromatic carbocycles. The Labute approximate surface area is 101 Å². The Morgan fingerprint density at radius 2 is 2.00 bits per heavy atom. The highest BCUT2D eigenvalue weighted by Crippen LogP contribution is 2.06. The van der Waals surface area contributed by atoms with E-state index in [2.05, 4.69) is 5.32 Å². The van der Waals surface area contributed by atoms with Crippen molar-refractivity contribution in [2.24, 2.45) is 0 Å². The van der Waals surface area contributed by atoms with E-state index >= 15 is 0 Å². The third-order valence-electron chi connectivity index (χ3n) is 2.06. The van der Waals surface area contributed by atoms with Gasteiger partial charge in [0.05, 0.1) is 5.60 Å². The van der Waals surface area contributed by atoms with E-state index in [1.165, 1.54) is 6.08 Å². The van der Waals surface area contributed by atoms with Crippen molar-refractivity contribution in [1.82, 2.24) is 5.32 Å². The Balaban J connectivity index is 2.48. The van der Waals surface area contributed by atoms with E-state index in [1.807, 2.05) is 12.1 Å². The van der Waals surface area contributed by atoms with Crippen LogP contribution in [0.4, 0.5) is 5.69 Å². The first kappa shape index (κ1) is 13.3. The lowest BCUT2D eigenvalue weighted by atomic mass is 10.1. The minimum Gasteiger partial charge on any atom is -0.399 e. The second-order valence-corrected chi connectivity index (χ2v) is 4.53. The molecule has 4 N–H and O–H groups in total. The number of rotatable bonds is 4. The molecular formula is C13H18N2O2. The van der Waals surface area contributed by atoms with Crippen LogP contribution in [-0.4, -0.2) is 23.2 Å². The third kappa shape index (κ3) is 5.73. The van der Waals surface area contributed by atoms with Gasteiger partial charge in [-0.15, -0.1) is 0 Å². The smallest absolute Gasteiger partial charge is 0.244 e. The van der Waals surface area contributed by atoms with Crippen molar-refractivity contribution < 1.29 is 9.90 Å². The number of benzene rings is 1. The van der Waals surface area contributed by atoms with Gasteiger partial charge in [-0.2, -0.15) is 0 Å². The zero-order valence-electron chi connectivity index (χ0n) is 10.1. The van der Waals surface area contributed by atoms with Gasteiger partial charge in [-0.05, 0) is 37.6 Å². The minimum atomic E-state index is -0.898. The van der Waals surface area contributed by atoms with Crippen LogP contribution in [0.5, 0.6) is 0 Å². The number of amides is 1. The Bertz CT molecular complexity index is 402. The Morgan fingerprint density at radius 3 is 2.53 bits per heavy atom. The number of nitrogens with two attached hydrogens (primary N) is 1. The number of nitrogens with one attached hydrogen (secondary N) is 1. The Morgan fingerprint density at radius 1 is 1.41 bits per heavy atom. The van der Waals surface area contributed by atoms with Crippen LogP contribution in [0.15, 0.2) is 30.3 Å². The van der Waals surface area contributed by atoms with Gasteiger partial charge >= 0.3 is 0 Å². The molecule has 1 aromatic rings. The van der Waals surface area contributed by atoms with Crippen LogP contribution in [0.2, 0.25) is 0 Å². The summed E-state index contributed by atoms with van der Waals surface area (Å²) in [5, 5.41) is 12.0. The van der Waals surface area contributed by atoms with Crippen molar-refractivity contribution in [2.45, 2.75) is 19.4 Å². The largest absolute Gasteiger partial charge is 0.399 e. The van der Waals surface area contributed by atoms with E-state index in [0.29, 0.717) is 5.69 Å². The zero-order chi connectivity index (χ0) is 12.9. The highest BCUT2D eigenvalue weighted by molar-refractivity contribution is 5.91. The zero-order valence-corrected chi connectivity index (χ0v) is 10.1. The maximum Gasteiger partial charge on any atom is 0.244 e. The number of hydrogen-bond donors (Lipinski definition) is 3. The first-order chi connectivity index (χ1) is 7.87. The summed E-state index contributed by atoms with van der Waals surface area (Å²) in [6, 6.07) is 7.20. The molecule has 0 atom stereocenters. The summed E-state index contributed by atoms with van der Waals surface area (Å²) in [5.74, 6) is -0.232. The average molecular weight is 234 g/mol. The van der Waals surface area contributed by atoms with E-state index in [4.69, 9.17) is 5.73 Å². The van der Waals surface area contributed by atoms with Crippen molar-refractivity contribution in [3.05, 3.63) is 35.9 Å². The van der Waals surface area contributed by atoms with Crippen LogP contribution >= 0.6 is 0 Å². The highest BCUT2D eigenvalue weighted by atomic mass is 16.3. The van der Waals surface area contributed by atoms with Crippen LogP contribution in [0.1, 0.15) is 19.4 Å². The molecule has 0 bridgehead atoms. The van der Waals surface area contributed by atoms with E-state index in [9.17, 15) is 9.90 Å². The molecule has 0 heterocycles. The maximum atomic E-state index is 11.4. The van der Waals surface area contributed by atoms with Gasteiger partial charge in [0.1, 0.15) is 0 Å². The molecule has 4 heteroatoms. The molecular weight excluding hydrogens is 216 g/mol. The molecule has 0 aliphatic rings. The number of aliphatic hydroxyl groups is 1. The summed E-state index contributed by atoms with van der Waals surface area (Å²) >= 11 is 0. The molecule has 0 unspecified atom stereocenters. The number of hydrogen-bond acceptors (Lipinski definition) is 3. The molecule has 1 amide bonds. The molecule has 92 valence electrons. The van der Waals surface area contributed by atoms with Gasteiger partial charge in [-0.25, -0.2) is 0 Å². The SMILES string of the molecule is CC(C)(O)CNC(=O)/C=C/c1ccc(N)cc1. The van der Waals surface area contributed by atoms with Crippen LogP contribution in [0.3, 0.4) is 0 Å². The van der Waals surface area contributed by atoms with Gasteiger partial charge in [0.25, 0.3) is 0 Å². The average Bonchev–Trinajstić information content (AvgIpc) is 2.25. The van der Waals surface area contributed by atoms with E-state index in [1.54, 1.807) is 32.1 Å². The van der Waals surface area contributed by atoms with Crippen molar-refractivity contribution in [2.75, 3.05) is 12.3 Å². The topological polar surface area (TPSA) is 75.3 Å². The van der Waals surface area contributed by atoms with Crippen LogP contribution in [0, 0.1) is 0 Å².